The van der Waals surface area contributed by atoms with E-state index in [0.717, 1.165) is 5.56 Å². The molecule has 0 aliphatic rings. The minimum absolute atomic E-state index is 0.0435. The number of nitrogens with zero attached hydrogens (tertiary/aromatic N) is 1. The van der Waals surface area contributed by atoms with Crippen molar-refractivity contribution in [3.63, 3.8) is 0 Å². The Kier molecular flexibility index (Phi) is 4.72. The minimum Gasteiger partial charge on any atom is -0.326 e. The lowest BCUT2D eigenvalue weighted by atomic mass is 10.2. The molecule has 0 aliphatic heterocycles. The third-order valence-corrected chi connectivity index (χ3v) is 3.65. The number of H-pyrrole nitrogens is 1. The van der Waals surface area contributed by atoms with Crippen molar-refractivity contribution in [1.29, 1.82) is 0 Å². The maximum Gasteiger partial charge on any atom is 0.254 e. The Hall–Kier alpha value is -2.92. The van der Waals surface area contributed by atoms with E-state index in [4.69, 9.17) is 11.6 Å². The van der Waals surface area contributed by atoms with Crippen LogP contribution in [-0.2, 0) is 11.2 Å². The van der Waals surface area contributed by atoms with Crippen molar-refractivity contribution in [3.05, 3.63) is 81.7 Å². The molecule has 1 aromatic heterocycles. The predicted molar refractivity (Wildman–Crippen MR) is 94.1 cm³/mol. The molecular weight excluding hydrogens is 326 g/mol. The van der Waals surface area contributed by atoms with E-state index >= 15 is 0 Å². The molecule has 24 heavy (non-hydrogen) atoms. The van der Waals surface area contributed by atoms with E-state index in [-0.39, 0.29) is 17.9 Å². The summed E-state index contributed by atoms with van der Waals surface area (Å²) >= 11 is 5.84. The Morgan fingerprint density at radius 2 is 1.79 bits per heavy atom. The summed E-state index contributed by atoms with van der Waals surface area (Å²) in [5.41, 5.74) is 1.40. The summed E-state index contributed by atoms with van der Waals surface area (Å²) in [6.07, 6.45) is 1.38. The van der Waals surface area contributed by atoms with Gasteiger partial charge in [-0.3, -0.25) is 9.59 Å². The highest BCUT2D eigenvalue weighted by atomic mass is 35.5. The van der Waals surface area contributed by atoms with Crippen molar-refractivity contribution in [2.24, 2.45) is 0 Å². The fraction of sp³-hybridized carbons (Fsp3) is 0.0556. The van der Waals surface area contributed by atoms with Crippen LogP contribution in [0.1, 0.15) is 5.56 Å². The highest BCUT2D eigenvalue weighted by Crippen LogP contribution is 2.17. The number of amides is 1. The van der Waals surface area contributed by atoms with Crippen molar-refractivity contribution >= 4 is 23.2 Å². The van der Waals surface area contributed by atoms with Crippen LogP contribution in [0, 0.1) is 0 Å². The number of hydrogen-bond donors (Lipinski definition) is 2. The van der Waals surface area contributed by atoms with Crippen LogP contribution >= 0.6 is 11.6 Å². The Balaban J connectivity index is 1.74. The van der Waals surface area contributed by atoms with E-state index in [0.29, 0.717) is 22.1 Å². The van der Waals surface area contributed by atoms with Crippen molar-refractivity contribution in [2.75, 3.05) is 5.32 Å². The van der Waals surface area contributed by atoms with Gasteiger partial charge in [-0.1, -0.05) is 29.8 Å². The zero-order valence-electron chi connectivity index (χ0n) is 12.6. The van der Waals surface area contributed by atoms with Gasteiger partial charge < -0.3 is 10.3 Å². The number of anilines is 1. The number of carbonyl (C=O) groups is 1. The fourth-order valence-corrected chi connectivity index (χ4v) is 2.33. The molecule has 1 heterocycles. The van der Waals surface area contributed by atoms with Crippen LogP contribution in [0.25, 0.3) is 11.4 Å². The van der Waals surface area contributed by atoms with E-state index in [1.807, 2.05) is 18.2 Å². The SMILES string of the molecule is O=C(Cc1cnc(-c2ccc(Cl)cc2)[nH]c1=O)Nc1ccccc1. The van der Waals surface area contributed by atoms with Crippen molar-refractivity contribution < 1.29 is 4.79 Å². The molecule has 3 aromatic rings. The number of aromatic amines is 1. The fourth-order valence-electron chi connectivity index (χ4n) is 2.20. The van der Waals surface area contributed by atoms with Crippen molar-refractivity contribution in [2.45, 2.75) is 6.42 Å². The van der Waals surface area contributed by atoms with Gasteiger partial charge in [-0.2, -0.15) is 0 Å². The summed E-state index contributed by atoms with van der Waals surface area (Å²) in [5, 5.41) is 3.34. The van der Waals surface area contributed by atoms with E-state index in [2.05, 4.69) is 15.3 Å². The molecule has 0 unspecified atom stereocenters. The van der Waals surface area contributed by atoms with Gasteiger partial charge in [0, 0.05) is 28.0 Å². The maximum atomic E-state index is 12.2. The second-order valence-electron chi connectivity index (χ2n) is 5.18. The van der Waals surface area contributed by atoms with E-state index < -0.39 is 0 Å². The van der Waals surface area contributed by atoms with Crippen molar-refractivity contribution in [1.82, 2.24) is 9.97 Å². The first-order chi connectivity index (χ1) is 11.6. The smallest absolute Gasteiger partial charge is 0.254 e. The van der Waals surface area contributed by atoms with Gasteiger partial charge in [0.25, 0.3) is 5.56 Å². The van der Waals surface area contributed by atoms with Gasteiger partial charge in [0.05, 0.1) is 6.42 Å². The summed E-state index contributed by atoms with van der Waals surface area (Å²) in [4.78, 5) is 31.1. The molecule has 0 fully saturated rings. The quantitative estimate of drug-likeness (QED) is 0.766. The molecular formula is C18H14ClN3O2. The number of nitrogens with one attached hydrogen (secondary N) is 2. The average molecular weight is 340 g/mol. The van der Waals surface area contributed by atoms with Gasteiger partial charge in [-0.05, 0) is 36.4 Å². The summed E-state index contributed by atoms with van der Waals surface area (Å²) in [6, 6.07) is 16.0. The highest BCUT2D eigenvalue weighted by molar-refractivity contribution is 6.30. The summed E-state index contributed by atoms with van der Waals surface area (Å²) < 4.78 is 0. The standard InChI is InChI=1S/C18H14ClN3O2/c19-14-8-6-12(7-9-14)17-20-11-13(18(24)22-17)10-16(23)21-15-4-2-1-3-5-15/h1-9,11H,10H2,(H,21,23)(H,20,22,24). The highest BCUT2D eigenvalue weighted by Gasteiger charge is 2.10. The second-order valence-corrected chi connectivity index (χ2v) is 5.62. The molecule has 1 amide bonds. The third kappa shape index (κ3) is 3.88. The monoisotopic (exact) mass is 339 g/mol. The number of hydrogen-bond acceptors (Lipinski definition) is 3. The number of aromatic nitrogens is 2. The largest absolute Gasteiger partial charge is 0.326 e. The number of rotatable bonds is 4. The topological polar surface area (TPSA) is 74.8 Å². The average Bonchev–Trinajstić information content (AvgIpc) is 2.58. The number of halogens is 1. The second kappa shape index (κ2) is 7.10. The molecule has 2 N–H and O–H groups in total. The van der Waals surface area contributed by atoms with Crippen LogP contribution < -0.4 is 10.9 Å². The number of benzene rings is 2. The van der Waals surface area contributed by atoms with Crippen LogP contribution in [0.5, 0.6) is 0 Å². The van der Waals surface area contributed by atoms with Crippen LogP contribution in [0.2, 0.25) is 5.02 Å². The first-order valence-corrected chi connectivity index (χ1v) is 7.68. The first kappa shape index (κ1) is 16.0. The summed E-state index contributed by atoms with van der Waals surface area (Å²) in [7, 11) is 0. The van der Waals surface area contributed by atoms with Gasteiger partial charge in [-0.25, -0.2) is 4.98 Å². The number of carbonyl (C=O) groups excluding carboxylic acids is 1. The molecule has 2 aromatic carbocycles. The van der Waals surface area contributed by atoms with Crippen LogP contribution in [0.15, 0.2) is 65.6 Å². The normalized spacial score (nSPS) is 10.4. The molecule has 3 rings (SSSR count). The molecule has 6 heteroatoms. The Labute approximate surface area is 143 Å². The molecule has 120 valence electrons. The molecule has 5 nitrogen and oxygen atoms in total. The van der Waals surface area contributed by atoms with Gasteiger partial charge in [-0.15, -0.1) is 0 Å². The van der Waals surface area contributed by atoms with E-state index in [1.54, 1.807) is 36.4 Å². The number of para-hydroxylation sites is 1. The van der Waals surface area contributed by atoms with Gasteiger partial charge in [0.15, 0.2) is 0 Å². The van der Waals surface area contributed by atoms with Gasteiger partial charge in [0.1, 0.15) is 5.82 Å². The van der Waals surface area contributed by atoms with E-state index in [1.165, 1.54) is 6.20 Å². The predicted octanol–water partition coefficient (Wildman–Crippen LogP) is 3.27. The molecule has 0 spiro atoms. The molecule has 0 aliphatic carbocycles. The maximum absolute atomic E-state index is 12.2. The van der Waals surface area contributed by atoms with Crippen LogP contribution in [0.4, 0.5) is 5.69 Å². The Bertz CT molecular complexity index is 906. The Morgan fingerprint density at radius 1 is 1.08 bits per heavy atom. The summed E-state index contributed by atoms with van der Waals surface area (Å²) in [6.45, 7) is 0. The van der Waals surface area contributed by atoms with Gasteiger partial charge in [0.2, 0.25) is 5.91 Å². The minimum atomic E-state index is -0.335. The lowest BCUT2D eigenvalue weighted by Gasteiger charge is -2.05. The van der Waals surface area contributed by atoms with Crippen molar-refractivity contribution in [3.8, 4) is 11.4 Å². The third-order valence-electron chi connectivity index (χ3n) is 3.40. The lowest BCUT2D eigenvalue weighted by molar-refractivity contribution is -0.115. The lowest BCUT2D eigenvalue weighted by Crippen LogP contribution is -2.21. The first-order valence-electron chi connectivity index (χ1n) is 7.31. The molecule has 0 radical (unpaired) electrons. The van der Waals surface area contributed by atoms with Gasteiger partial charge >= 0.3 is 0 Å². The summed E-state index contributed by atoms with van der Waals surface area (Å²) in [5.74, 6) is 0.164. The molecule has 0 atom stereocenters. The molecule has 0 saturated heterocycles. The Morgan fingerprint density at radius 3 is 2.46 bits per heavy atom. The van der Waals surface area contributed by atoms with Crippen LogP contribution in [0.3, 0.4) is 0 Å². The molecule has 0 saturated carbocycles. The van der Waals surface area contributed by atoms with Crippen LogP contribution in [-0.4, -0.2) is 15.9 Å². The van der Waals surface area contributed by atoms with E-state index in [9.17, 15) is 9.59 Å². The zero-order valence-corrected chi connectivity index (χ0v) is 13.4. The molecule has 0 bridgehead atoms. The zero-order chi connectivity index (χ0) is 16.9.